The normalized spacial score (nSPS) is 17.2. The Hall–Kier alpha value is -3.19. The molecular weight excluding hydrogens is 368 g/mol. The Bertz CT molecular complexity index is 966. The molecule has 0 saturated carbocycles. The van der Waals surface area contributed by atoms with Crippen LogP contribution in [0.3, 0.4) is 0 Å². The van der Waals surface area contributed by atoms with E-state index in [0.29, 0.717) is 30.5 Å². The zero-order chi connectivity index (χ0) is 20.2. The Morgan fingerprint density at radius 2 is 1.97 bits per heavy atom. The van der Waals surface area contributed by atoms with Crippen LogP contribution < -0.4 is 5.32 Å². The van der Waals surface area contributed by atoms with Crippen LogP contribution in [0.4, 0.5) is 5.69 Å². The van der Waals surface area contributed by atoms with Crippen LogP contribution in [0.25, 0.3) is 11.5 Å². The topological polar surface area (TPSA) is 91.5 Å². The number of aromatic nitrogens is 2. The minimum atomic E-state index is -0.0963. The SMILES string of the molecule is Cc1ccc(-c2nc(CN3CCC[C@H](C(=O)Nc4ccc(O)cc4)C3)no2)cc1. The molecule has 7 heteroatoms. The van der Waals surface area contributed by atoms with Crippen LogP contribution in [0.15, 0.2) is 53.1 Å². The van der Waals surface area contributed by atoms with Gasteiger partial charge in [-0.25, -0.2) is 0 Å². The maximum atomic E-state index is 12.6. The third kappa shape index (κ3) is 4.81. The Kier molecular flexibility index (Phi) is 5.57. The number of nitrogens with zero attached hydrogens (tertiary/aromatic N) is 3. The number of piperidine rings is 1. The first-order chi connectivity index (χ1) is 14.1. The largest absolute Gasteiger partial charge is 0.508 e. The van der Waals surface area contributed by atoms with Gasteiger partial charge in [0.2, 0.25) is 5.91 Å². The highest BCUT2D eigenvalue weighted by atomic mass is 16.5. The quantitative estimate of drug-likeness (QED) is 0.645. The Morgan fingerprint density at radius 1 is 1.21 bits per heavy atom. The summed E-state index contributed by atoms with van der Waals surface area (Å²) in [4.78, 5) is 19.3. The van der Waals surface area contributed by atoms with Crippen LogP contribution in [0.5, 0.6) is 5.75 Å². The van der Waals surface area contributed by atoms with Gasteiger partial charge in [-0.05, 0) is 62.7 Å². The molecule has 1 atom stereocenters. The zero-order valence-corrected chi connectivity index (χ0v) is 16.3. The van der Waals surface area contributed by atoms with Gasteiger partial charge in [-0.1, -0.05) is 22.9 Å². The lowest BCUT2D eigenvalue weighted by atomic mass is 9.97. The van der Waals surface area contributed by atoms with Crippen LogP contribution in [0.1, 0.15) is 24.2 Å². The minimum absolute atomic E-state index is 0.00570. The van der Waals surface area contributed by atoms with Crippen LogP contribution in [-0.2, 0) is 11.3 Å². The number of aryl methyl sites for hydroxylation is 1. The molecule has 1 fully saturated rings. The second kappa shape index (κ2) is 8.45. The highest BCUT2D eigenvalue weighted by molar-refractivity contribution is 5.92. The van der Waals surface area contributed by atoms with Crippen molar-refractivity contribution in [1.82, 2.24) is 15.0 Å². The smallest absolute Gasteiger partial charge is 0.257 e. The highest BCUT2D eigenvalue weighted by Gasteiger charge is 2.27. The van der Waals surface area contributed by atoms with Gasteiger partial charge in [0.15, 0.2) is 5.82 Å². The Labute approximate surface area is 169 Å². The van der Waals surface area contributed by atoms with Crippen molar-refractivity contribution in [2.24, 2.45) is 5.92 Å². The number of likely N-dealkylation sites (tertiary alicyclic amines) is 1. The molecule has 7 nitrogen and oxygen atoms in total. The molecule has 1 aliphatic rings. The van der Waals surface area contributed by atoms with Crippen LogP contribution in [0, 0.1) is 12.8 Å². The second-order valence-electron chi connectivity index (χ2n) is 7.49. The Morgan fingerprint density at radius 3 is 2.72 bits per heavy atom. The van der Waals surface area contributed by atoms with E-state index in [0.717, 1.165) is 24.9 Å². The molecule has 2 N–H and O–H groups in total. The van der Waals surface area contributed by atoms with Gasteiger partial charge >= 0.3 is 0 Å². The standard InChI is InChI=1S/C22H24N4O3/c1-15-4-6-16(7-5-15)22-24-20(25-29-22)14-26-12-2-3-17(13-26)21(28)23-18-8-10-19(27)11-9-18/h4-11,17,27H,2-3,12-14H2,1H3,(H,23,28)/t17-/m0/s1. The van der Waals surface area contributed by atoms with Crippen molar-refractivity contribution in [3.05, 3.63) is 59.9 Å². The number of benzene rings is 2. The lowest BCUT2D eigenvalue weighted by molar-refractivity contribution is -0.121. The van der Waals surface area contributed by atoms with Gasteiger partial charge in [0.05, 0.1) is 12.5 Å². The third-order valence-electron chi connectivity index (χ3n) is 5.14. The number of amides is 1. The number of carbonyl (C=O) groups excluding carboxylic acids is 1. The van der Waals surface area contributed by atoms with Crippen LogP contribution in [0.2, 0.25) is 0 Å². The number of aromatic hydroxyl groups is 1. The summed E-state index contributed by atoms with van der Waals surface area (Å²) in [5, 5.41) is 16.4. The maximum Gasteiger partial charge on any atom is 0.257 e. The van der Waals surface area contributed by atoms with Crippen LogP contribution >= 0.6 is 0 Å². The summed E-state index contributed by atoms with van der Waals surface area (Å²) in [5.74, 6) is 1.21. The molecule has 2 heterocycles. The lowest BCUT2D eigenvalue weighted by Crippen LogP contribution is -2.40. The zero-order valence-electron chi connectivity index (χ0n) is 16.3. The van der Waals surface area contributed by atoms with Gasteiger partial charge in [-0.2, -0.15) is 4.98 Å². The van der Waals surface area contributed by atoms with E-state index < -0.39 is 0 Å². The fourth-order valence-corrected chi connectivity index (χ4v) is 3.53. The van der Waals surface area contributed by atoms with Gasteiger partial charge in [0.25, 0.3) is 5.89 Å². The molecule has 2 aromatic carbocycles. The summed E-state index contributed by atoms with van der Waals surface area (Å²) in [6.07, 6.45) is 1.79. The Balaban J connectivity index is 1.35. The molecule has 0 bridgehead atoms. The van der Waals surface area contributed by atoms with Gasteiger partial charge in [0, 0.05) is 17.8 Å². The minimum Gasteiger partial charge on any atom is -0.508 e. The summed E-state index contributed by atoms with van der Waals surface area (Å²) < 4.78 is 5.41. The first kappa shape index (κ1) is 19.1. The summed E-state index contributed by atoms with van der Waals surface area (Å²) in [5.41, 5.74) is 2.77. The first-order valence-corrected chi connectivity index (χ1v) is 9.79. The van der Waals surface area contributed by atoms with E-state index >= 15 is 0 Å². The first-order valence-electron chi connectivity index (χ1n) is 9.79. The molecule has 4 rings (SSSR count). The summed E-state index contributed by atoms with van der Waals surface area (Å²) in [6.45, 7) is 4.14. The molecule has 1 saturated heterocycles. The van der Waals surface area contributed by atoms with Crippen molar-refractivity contribution < 1.29 is 14.4 Å². The number of carbonyl (C=O) groups is 1. The molecule has 1 aromatic heterocycles. The molecule has 0 aliphatic carbocycles. The maximum absolute atomic E-state index is 12.6. The third-order valence-corrected chi connectivity index (χ3v) is 5.14. The van der Waals surface area contributed by atoms with E-state index in [1.54, 1.807) is 24.3 Å². The van der Waals surface area contributed by atoms with Crippen LogP contribution in [-0.4, -0.2) is 39.1 Å². The number of hydrogen-bond donors (Lipinski definition) is 2. The van der Waals surface area contributed by atoms with Gasteiger partial charge < -0.3 is 14.9 Å². The number of hydrogen-bond acceptors (Lipinski definition) is 6. The molecule has 0 unspecified atom stereocenters. The number of rotatable bonds is 5. The predicted octanol–water partition coefficient (Wildman–Crippen LogP) is 3.60. The van der Waals surface area contributed by atoms with E-state index in [4.69, 9.17) is 4.52 Å². The van der Waals surface area contributed by atoms with Crippen molar-refractivity contribution in [3.8, 4) is 17.2 Å². The fraction of sp³-hybridized carbons (Fsp3) is 0.318. The average Bonchev–Trinajstić information content (AvgIpc) is 3.19. The highest BCUT2D eigenvalue weighted by Crippen LogP contribution is 2.22. The van der Waals surface area contributed by atoms with E-state index in [1.165, 1.54) is 5.56 Å². The summed E-state index contributed by atoms with van der Waals surface area (Å²) in [6, 6.07) is 14.5. The molecule has 0 radical (unpaired) electrons. The number of phenols is 1. The monoisotopic (exact) mass is 392 g/mol. The fourth-order valence-electron chi connectivity index (χ4n) is 3.53. The molecule has 29 heavy (non-hydrogen) atoms. The van der Waals surface area contributed by atoms with E-state index in [1.807, 2.05) is 31.2 Å². The van der Waals surface area contributed by atoms with E-state index in [2.05, 4.69) is 20.4 Å². The molecule has 3 aromatic rings. The average molecular weight is 392 g/mol. The summed E-state index contributed by atoms with van der Waals surface area (Å²) >= 11 is 0. The molecule has 1 amide bonds. The van der Waals surface area contributed by atoms with Crippen molar-refractivity contribution in [2.45, 2.75) is 26.3 Å². The van der Waals surface area contributed by atoms with Crippen molar-refractivity contribution >= 4 is 11.6 Å². The van der Waals surface area contributed by atoms with E-state index in [-0.39, 0.29) is 17.6 Å². The van der Waals surface area contributed by atoms with Crippen molar-refractivity contribution in [1.29, 1.82) is 0 Å². The molecule has 1 aliphatic heterocycles. The van der Waals surface area contributed by atoms with Gasteiger partial charge in [-0.15, -0.1) is 0 Å². The second-order valence-corrected chi connectivity index (χ2v) is 7.49. The van der Waals surface area contributed by atoms with Gasteiger partial charge in [-0.3, -0.25) is 9.69 Å². The molecule has 0 spiro atoms. The lowest BCUT2D eigenvalue weighted by Gasteiger charge is -2.31. The van der Waals surface area contributed by atoms with Crippen molar-refractivity contribution in [3.63, 3.8) is 0 Å². The summed E-state index contributed by atoms with van der Waals surface area (Å²) in [7, 11) is 0. The van der Waals surface area contributed by atoms with E-state index in [9.17, 15) is 9.90 Å². The van der Waals surface area contributed by atoms with Crippen molar-refractivity contribution in [2.75, 3.05) is 18.4 Å². The van der Waals surface area contributed by atoms with Gasteiger partial charge in [0.1, 0.15) is 5.75 Å². The molecule has 150 valence electrons. The number of nitrogens with one attached hydrogen (secondary N) is 1. The molecular formula is C22H24N4O3. The number of phenolic OH excluding ortho intramolecular Hbond substituents is 1. The predicted molar refractivity (Wildman–Crippen MR) is 109 cm³/mol. The number of anilines is 1.